The number of thioether (sulfide) groups is 1. The summed E-state index contributed by atoms with van der Waals surface area (Å²) in [7, 11) is 1.68. The zero-order valence-corrected chi connectivity index (χ0v) is 11.9. The number of aromatic nitrogens is 3. The van der Waals surface area contributed by atoms with Crippen LogP contribution in [-0.4, -0.2) is 47.5 Å². The highest BCUT2D eigenvalue weighted by molar-refractivity contribution is 7.99. The van der Waals surface area contributed by atoms with Gasteiger partial charge in [-0.2, -0.15) is 15.0 Å². The van der Waals surface area contributed by atoms with Crippen molar-refractivity contribution in [2.24, 2.45) is 5.84 Å². The van der Waals surface area contributed by atoms with Gasteiger partial charge in [0.25, 0.3) is 0 Å². The lowest BCUT2D eigenvalue weighted by atomic mass is 10.1. The third kappa shape index (κ3) is 4.19. The molecule has 2 rings (SSSR count). The van der Waals surface area contributed by atoms with Gasteiger partial charge in [-0.15, -0.1) is 0 Å². The number of ether oxygens (including phenoxy) is 1. The molecule has 1 fully saturated rings. The van der Waals surface area contributed by atoms with Gasteiger partial charge in [-0.1, -0.05) is 11.8 Å². The van der Waals surface area contributed by atoms with Crippen molar-refractivity contribution < 1.29 is 4.74 Å². The zero-order chi connectivity index (χ0) is 13.5. The lowest BCUT2D eigenvalue weighted by Crippen LogP contribution is -2.31. The summed E-state index contributed by atoms with van der Waals surface area (Å²) in [5.74, 6) is 7.35. The predicted molar refractivity (Wildman–Crippen MR) is 76.3 cm³/mol. The summed E-state index contributed by atoms with van der Waals surface area (Å²) in [4.78, 5) is 15.2. The van der Waals surface area contributed by atoms with Gasteiger partial charge < -0.3 is 9.64 Å². The standard InChI is InChI=1S/C11H20N6OS/c1-18-7-8-19-11-14-9(16-12)13-10(15-11)17-5-3-2-4-6-17/h2-8,12H2,1H3,(H,13,14,15,16). The molecule has 19 heavy (non-hydrogen) atoms. The second-order valence-corrected chi connectivity index (χ2v) is 5.34. The summed E-state index contributed by atoms with van der Waals surface area (Å²) >= 11 is 1.54. The Morgan fingerprint density at radius 2 is 2.05 bits per heavy atom. The number of methoxy groups -OCH3 is 1. The summed E-state index contributed by atoms with van der Waals surface area (Å²) in [6.07, 6.45) is 3.64. The molecule has 1 aliphatic rings. The number of rotatable bonds is 6. The van der Waals surface area contributed by atoms with Gasteiger partial charge in [0.1, 0.15) is 0 Å². The first-order valence-corrected chi connectivity index (χ1v) is 7.41. The van der Waals surface area contributed by atoms with Gasteiger partial charge in [0, 0.05) is 26.0 Å². The summed E-state index contributed by atoms with van der Waals surface area (Å²) in [5.41, 5.74) is 2.50. The fourth-order valence-electron chi connectivity index (χ4n) is 1.93. The Morgan fingerprint density at radius 1 is 1.26 bits per heavy atom. The largest absolute Gasteiger partial charge is 0.384 e. The number of nitrogens with one attached hydrogen (secondary N) is 1. The number of piperidine rings is 1. The van der Waals surface area contributed by atoms with Crippen LogP contribution in [0.25, 0.3) is 0 Å². The fraction of sp³-hybridized carbons (Fsp3) is 0.727. The van der Waals surface area contributed by atoms with Crippen LogP contribution in [0.2, 0.25) is 0 Å². The molecule has 0 bridgehead atoms. The monoisotopic (exact) mass is 284 g/mol. The first-order valence-electron chi connectivity index (χ1n) is 6.43. The first kappa shape index (κ1) is 14.3. The highest BCUT2D eigenvalue weighted by Gasteiger charge is 2.16. The van der Waals surface area contributed by atoms with Gasteiger partial charge in [0.05, 0.1) is 6.61 Å². The van der Waals surface area contributed by atoms with E-state index in [0.717, 1.165) is 18.8 Å². The quantitative estimate of drug-likeness (QED) is 0.344. The minimum atomic E-state index is 0.412. The Hall–Kier alpha value is -1.12. The molecule has 106 valence electrons. The molecule has 1 aliphatic heterocycles. The molecule has 8 heteroatoms. The average Bonchev–Trinajstić information content (AvgIpc) is 2.48. The van der Waals surface area contributed by atoms with Crippen LogP contribution in [0, 0.1) is 0 Å². The normalized spacial score (nSPS) is 15.6. The molecule has 2 heterocycles. The third-order valence-corrected chi connectivity index (χ3v) is 3.70. The van der Waals surface area contributed by atoms with Gasteiger partial charge in [-0.25, -0.2) is 5.84 Å². The van der Waals surface area contributed by atoms with Crippen LogP contribution < -0.4 is 16.2 Å². The Kier molecular flexibility index (Phi) is 5.62. The van der Waals surface area contributed by atoms with E-state index in [0.29, 0.717) is 23.7 Å². The van der Waals surface area contributed by atoms with Crippen molar-refractivity contribution in [1.29, 1.82) is 0 Å². The maximum atomic E-state index is 5.42. The number of nitrogens with zero attached hydrogens (tertiary/aromatic N) is 4. The summed E-state index contributed by atoms with van der Waals surface area (Å²) in [6.45, 7) is 2.66. The maximum absolute atomic E-state index is 5.42. The molecule has 0 saturated carbocycles. The molecule has 0 aromatic carbocycles. The van der Waals surface area contributed by atoms with E-state index in [1.165, 1.54) is 19.3 Å². The van der Waals surface area contributed by atoms with E-state index in [1.807, 2.05) is 0 Å². The molecule has 0 atom stereocenters. The van der Waals surface area contributed by atoms with Gasteiger partial charge in [0.2, 0.25) is 11.9 Å². The highest BCUT2D eigenvalue weighted by Crippen LogP contribution is 2.20. The van der Waals surface area contributed by atoms with Crippen LogP contribution in [0.5, 0.6) is 0 Å². The van der Waals surface area contributed by atoms with E-state index in [9.17, 15) is 0 Å². The Labute approximate surface area is 117 Å². The molecular weight excluding hydrogens is 264 g/mol. The number of nitrogens with two attached hydrogens (primary N) is 1. The number of anilines is 2. The van der Waals surface area contributed by atoms with Crippen molar-refractivity contribution in [2.45, 2.75) is 24.4 Å². The van der Waals surface area contributed by atoms with Crippen LogP contribution in [0.4, 0.5) is 11.9 Å². The lowest BCUT2D eigenvalue weighted by molar-refractivity contribution is 0.218. The SMILES string of the molecule is COCCSc1nc(NN)nc(N2CCCCC2)n1. The van der Waals surface area contributed by atoms with Crippen LogP contribution in [-0.2, 0) is 4.74 Å². The minimum absolute atomic E-state index is 0.412. The van der Waals surface area contributed by atoms with Crippen molar-refractivity contribution in [1.82, 2.24) is 15.0 Å². The Balaban J connectivity index is 2.10. The van der Waals surface area contributed by atoms with Crippen molar-refractivity contribution >= 4 is 23.7 Å². The predicted octanol–water partition coefficient (Wildman–Crippen LogP) is 0.886. The molecule has 7 nitrogen and oxygen atoms in total. The van der Waals surface area contributed by atoms with Crippen molar-refractivity contribution in [3.8, 4) is 0 Å². The molecule has 1 aromatic rings. The number of hydrogen-bond acceptors (Lipinski definition) is 8. The van der Waals surface area contributed by atoms with Crippen LogP contribution >= 0.6 is 11.8 Å². The fourth-order valence-corrected chi connectivity index (χ4v) is 2.66. The third-order valence-electron chi connectivity index (χ3n) is 2.89. The average molecular weight is 284 g/mol. The Bertz CT molecular complexity index is 399. The van der Waals surface area contributed by atoms with Crippen LogP contribution in [0.15, 0.2) is 5.16 Å². The van der Waals surface area contributed by atoms with Gasteiger partial charge in [-0.05, 0) is 19.3 Å². The molecule has 0 radical (unpaired) electrons. The maximum Gasteiger partial charge on any atom is 0.242 e. The smallest absolute Gasteiger partial charge is 0.242 e. The minimum Gasteiger partial charge on any atom is -0.384 e. The molecule has 0 unspecified atom stereocenters. The van der Waals surface area contributed by atoms with E-state index in [2.05, 4.69) is 25.3 Å². The van der Waals surface area contributed by atoms with E-state index < -0.39 is 0 Å². The van der Waals surface area contributed by atoms with Crippen molar-refractivity contribution in [2.75, 3.05) is 42.9 Å². The van der Waals surface area contributed by atoms with Crippen molar-refractivity contribution in [3.05, 3.63) is 0 Å². The molecule has 1 saturated heterocycles. The number of hydrazine groups is 1. The van der Waals surface area contributed by atoms with E-state index in [1.54, 1.807) is 18.9 Å². The van der Waals surface area contributed by atoms with Crippen molar-refractivity contribution in [3.63, 3.8) is 0 Å². The second kappa shape index (κ2) is 7.46. The van der Waals surface area contributed by atoms with Gasteiger partial charge in [0.15, 0.2) is 5.16 Å². The second-order valence-electron chi connectivity index (χ2n) is 4.27. The topological polar surface area (TPSA) is 89.2 Å². The summed E-state index contributed by atoms with van der Waals surface area (Å²) in [5, 5.41) is 0.681. The molecule has 1 aromatic heterocycles. The molecular formula is C11H20N6OS. The lowest BCUT2D eigenvalue weighted by Gasteiger charge is -2.26. The molecule has 0 spiro atoms. The molecule has 0 amide bonds. The highest BCUT2D eigenvalue weighted by atomic mass is 32.2. The zero-order valence-electron chi connectivity index (χ0n) is 11.1. The summed E-state index contributed by atoms with van der Waals surface area (Å²) < 4.78 is 5.02. The Morgan fingerprint density at radius 3 is 2.74 bits per heavy atom. The molecule has 0 aliphatic carbocycles. The van der Waals surface area contributed by atoms with Gasteiger partial charge >= 0.3 is 0 Å². The first-order chi connectivity index (χ1) is 9.33. The van der Waals surface area contributed by atoms with E-state index in [-0.39, 0.29) is 0 Å². The van der Waals surface area contributed by atoms with Crippen LogP contribution in [0.3, 0.4) is 0 Å². The van der Waals surface area contributed by atoms with Crippen LogP contribution in [0.1, 0.15) is 19.3 Å². The number of hydrogen-bond donors (Lipinski definition) is 2. The molecule has 3 N–H and O–H groups in total. The van der Waals surface area contributed by atoms with E-state index >= 15 is 0 Å². The number of nitrogen functional groups attached to an aromatic ring is 1. The van der Waals surface area contributed by atoms with Gasteiger partial charge in [-0.3, -0.25) is 5.43 Å². The summed E-state index contributed by atoms with van der Waals surface area (Å²) in [6, 6.07) is 0. The van der Waals surface area contributed by atoms with E-state index in [4.69, 9.17) is 10.6 Å².